The molecule has 1 unspecified atom stereocenters. The van der Waals surface area contributed by atoms with Crippen molar-refractivity contribution < 1.29 is 9.59 Å². The number of aryl methyl sites for hydroxylation is 1. The zero-order chi connectivity index (χ0) is 15.4. The molecular formula is C16H22N2O2S. The van der Waals surface area contributed by atoms with Crippen molar-refractivity contribution in [3.8, 4) is 0 Å². The fourth-order valence-electron chi connectivity index (χ4n) is 2.58. The van der Waals surface area contributed by atoms with Crippen molar-refractivity contribution in [3.63, 3.8) is 0 Å². The lowest BCUT2D eigenvalue weighted by Gasteiger charge is -2.29. The van der Waals surface area contributed by atoms with Crippen LogP contribution in [-0.4, -0.2) is 35.8 Å². The first kappa shape index (κ1) is 15.9. The molecule has 2 rings (SSSR count). The number of carbonyl (C=O) groups excluding carboxylic acids is 2. The number of rotatable bonds is 3. The third-order valence-corrected chi connectivity index (χ3v) is 4.13. The molecule has 1 atom stereocenters. The molecule has 21 heavy (non-hydrogen) atoms. The molecule has 114 valence electrons. The number of hydrogen-bond acceptors (Lipinski definition) is 3. The Kier molecular flexibility index (Phi) is 5.28. The van der Waals surface area contributed by atoms with Crippen molar-refractivity contribution in [3.05, 3.63) is 29.3 Å². The Morgan fingerprint density at radius 3 is 2.57 bits per heavy atom. The highest BCUT2D eigenvalue weighted by atomic mass is 32.1. The average molecular weight is 306 g/mol. The van der Waals surface area contributed by atoms with Gasteiger partial charge in [-0.25, -0.2) is 0 Å². The Balaban J connectivity index is 2.01. The van der Waals surface area contributed by atoms with E-state index in [1.807, 2.05) is 24.0 Å². The number of amides is 2. The van der Waals surface area contributed by atoms with Crippen LogP contribution in [0, 0.1) is 6.92 Å². The SMILES string of the molecule is Cc1ccc(S)cc1C(=O)NC(C)C(=O)N1CCCCC1. The summed E-state index contributed by atoms with van der Waals surface area (Å²) in [4.78, 5) is 27.2. The molecule has 1 N–H and O–H groups in total. The molecule has 1 aromatic rings. The number of likely N-dealkylation sites (tertiary alicyclic amines) is 1. The van der Waals surface area contributed by atoms with E-state index in [2.05, 4.69) is 17.9 Å². The molecule has 1 aliphatic heterocycles. The lowest BCUT2D eigenvalue weighted by molar-refractivity contribution is -0.133. The maximum absolute atomic E-state index is 12.3. The molecule has 0 aromatic heterocycles. The Labute approximate surface area is 131 Å². The van der Waals surface area contributed by atoms with Crippen LogP contribution in [-0.2, 0) is 4.79 Å². The molecule has 1 fully saturated rings. The molecule has 0 spiro atoms. The van der Waals surface area contributed by atoms with Crippen LogP contribution in [0.2, 0.25) is 0 Å². The largest absolute Gasteiger partial charge is 0.341 e. The van der Waals surface area contributed by atoms with Gasteiger partial charge < -0.3 is 10.2 Å². The van der Waals surface area contributed by atoms with Gasteiger partial charge in [0.2, 0.25) is 5.91 Å². The summed E-state index contributed by atoms with van der Waals surface area (Å²) in [7, 11) is 0. The molecule has 1 heterocycles. The summed E-state index contributed by atoms with van der Waals surface area (Å²) >= 11 is 4.26. The van der Waals surface area contributed by atoms with Crippen LogP contribution in [0.5, 0.6) is 0 Å². The normalized spacial score (nSPS) is 16.4. The van der Waals surface area contributed by atoms with Crippen LogP contribution >= 0.6 is 12.6 Å². The van der Waals surface area contributed by atoms with E-state index in [0.717, 1.165) is 36.4 Å². The van der Waals surface area contributed by atoms with Gasteiger partial charge in [-0.15, -0.1) is 12.6 Å². The number of hydrogen-bond donors (Lipinski definition) is 2. The Morgan fingerprint density at radius 1 is 1.24 bits per heavy atom. The molecule has 1 saturated heterocycles. The first-order valence-electron chi connectivity index (χ1n) is 7.38. The highest BCUT2D eigenvalue weighted by Crippen LogP contribution is 2.15. The van der Waals surface area contributed by atoms with Gasteiger partial charge in [-0.3, -0.25) is 9.59 Å². The molecule has 2 amide bonds. The summed E-state index contributed by atoms with van der Waals surface area (Å²) < 4.78 is 0. The lowest BCUT2D eigenvalue weighted by Crippen LogP contribution is -2.48. The van der Waals surface area contributed by atoms with Gasteiger partial charge >= 0.3 is 0 Å². The van der Waals surface area contributed by atoms with Crippen molar-refractivity contribution in [2.45, 2.75) is 44.0 Å². The predicted octanol–water partition coefficient (Wildman–Crippen LogP) is 2.41. The third-order valence-electron chi connectivity index (χ3n) is 3.85. The van der Waals surface area contributed by atoms with Crippen molar-refractivity contribution in [2.24, 2.45) is 0 Å². The molecule has 0 saturated carbocycles. The second-order valence-corrected chi connectivity index (χ2v) is 6.10. The molecule has 0 aliphatic carbocycles. The van der Waals surface area contributed by atoms with Gasteiger partial charge in [0.25, 0.3) is 5.91 Å². The average Bonchev–Trinajstić information content (AvgIpc) is 2.49. The summed E-state index contributed by atoms with van der Waals surface area (Å²) in [6.45, 7) is 5.21. The number of carbonyl (C=O) groups is 2. The second kappa shape index (κ2) is 6.98. The monoisotopic (exact) mass is 306 g/mol. The minimum Gasteiger partial charge on any atom is -0.341 e. The van der Waals surface area contributed by atoms with E-state index in [1.54, 1.807) is 13.0 Å². The fraction of sp³-hybridized carbons (Fsp3) is 0.500. The summed E-state index contributed by atoms with van der Waals surface area (Å²) in [5, 5.41) is 2.80. The molecule has 0 bridgehead atoms. The Hall–Kier alpha value is -1.49. The molecule has 0 radical (unpaired) electrons. The summed E-state index contributed by atoms with van der Waals surface area (Å²) in [5.41, 5.74) is 1.45. The number of piperidine rings is 1. The van der Waals surface area contributed by atoms with Crippen LogP contribution in [0.15, 0.2) is 23.1 Å². The first-order chi connectivity index (χ1) is 9.99. The quantitative estimate of drug-likeness (QED) is 0.843. The van der Waals surface area contributed by atoms with E-state index >= 15 is 0 Å². The molecular weight excluding hydrogens is 284 g/mol. The summed E-state index contributed by atoms with van der Waals surface area (Å²) in [5.74, 6) is -0.219. The standard InChI is InChI=1S/C16H22N2O2S/c1-11-6-7-13(21)10-14(11)15(19)17-12(2)16(20)18-8-4-3-5-9-18/h6-7,10,12,21H,3-5,8-9H2,1-2H3,(H,17,19). The van der Waals surface area contributed by atoms with Crippen LogP contribution in [0.3, 0.4) is 0 Å². The fourth-order valence-corrected chi connectivity index (χ4v) is 2.78. The highest BCUT2D eigenvalue weighted by molar-refractivity contribution is 7.80. The smallest absolute Gasteiger partial charge is 0.252 e. The summed E-state index contributed by atoms with van der Waals surface area (Å²) in [6.07, 6.45) is 3.28. The van der Waals surface area contributed by atoms with Gasteiger partial charge in [-0.2, -0.15) is 0 Å². The molecule has 1 aliphatic rings. The zero-order valence-electron chi connectivity index (χ0n) is 12.6. The minimum atomic E-state index is -0.501. The van der Waals surface area contributed by atoms with Gasteiger partial charge in [-0.1, -0.05) is 6.07 Å². The van der Waals surface area contributed by atoms with Crippen molar-refractivity contribution >= 4 is 24.4 Å². The van der Waals surface area contributed by atoms with Gasteiger partial charge in [-0.05, 0) is 50.8 Å². The number of benzene rings is 1. The van der Waals surface area contributed by atoms with Gasteiger partial charge in [0.1, 0.15) is 6.04 Å². The molecule has 4 nitrogen and oxygen atoms in total. The number of nitrogens with zero attached hydrogens (tertiary/aromatic N) is 1. The van der Waals surface area contributed by atoms with E-state index in [0.29, 0.717) is 5.56 Å². The van der Waals surface area contributed by atoms with Crippen LogP contribution in [0.25, 0.3) is 0 Å². The minimum absolute atomic E-state index is 0.00253. The number of thiol groups is 1. The van der Waals surface area contributed by atoms with E-state index in [-0.39, 0.29) is 11.8 Å². The van der Waals surface area contributed by atoms with Crippen molar-refractivity contribution in [1.29, 1.82) is 0 Å². The van der Waals surface area contributed by atoms with E-state index < -0.39 is 6.04 Å². The van der Waals surface area contributed by atoms with Crippen LogP contribution in [0.4, 0.5) is 0 Å². The molecule has 1 aromatic carbocycles. The van der Waals surface area contributed by atoms with Gasteiger partial charge in [0.05, 0.1) is 0 Å². The topological polar surface area (TPSA) is 49.4 Å². The maximum Gasteiger partial charge on any atom is 0.252 e. The van der Waals surface area contributed by atoms with E-state index in [1.165, 1.54) is 6.42 Å². The predicted molar refractivity (Wildman–Crippen MR) is 85.8 cm³/mol. The van der Waals surface area contributed by atoms with Gasteiger partial charge in [0.15, 0.2) is 0 Å². The van der Waals surface area contributed by atoms with Gasteiger partial charge in [0, 0.05) is 23.5 Å². The number of nitrogens with one attached hydrogen (secondary N) is 1. The second-order valence-electron chi connectivity index (χ2n) is 5.58. The lowest BCUT2D eigenvalue weighted by atomic mass is 10.1. The summed E-state index contributed by atoms with van der Waals surface area (Å²) in [6, 6.07) is 4.93. The first-order valence-corrected chi connectivity index (χ1v) is 7.83. The van der Waals surface area contributed by atoms with E-state index in [9.17, 15) is 9.59 Å². The molecule has 5 heteroatoms. The zero-order valence-corrected chi connectivity index (χ0v) is 13.5. The Morgan fingerprint density at radius 2 is 1.90 bits per heavy atom. The van der Waals surface area contributed by atoms with Crippen LogP contribution in [0.1, 0.15) is 42.1 Å². The third kappa shape index (κ3) is 4.00. The Bertz CT molecular complexity index is 539. The van der Waals surface area contributed by atoms with E-state index in [4.69, 9.17) is 0 Å². The van der Waals surface area contributed by atoms with Crippen LogP contribution < -0.4 is 5.32 Å². The van der Waals surface area contributed by atoms with Crippen molar-refractivity contribution in [1.82, 2.24) is 10.2 Å². The maximum atomic E-state index is 12.3. The highest BCUT2D eigenvalue weighted by Gasteiger charge is 2.24. The van der Waals surface area contributed by atoms with Crippen molar-refractivity contribution in [2.75, 3.05) is 13.1 Å².